The number of nitrogens with two attached hydrogens (primary N) is 1. The van der Waals surface area contributed by atoms with Gasteiger partial charge in [0.1, 0.15) is 6.04 Å². The minimum atomic E-state index is -0.510. The molecule has 0 saturated carbocycles. The number of anilines is 2. The second kappa shape index (κ2) is 6.76. The lowest BCUT2D eigenvalue weighted by atomic mass is 10.1. The van der Waals surface area contributed by atoms with Crippen LogP contribution in [-0.2, 0) is 4.79 Å². The summed E-state index contributed by atoms with van der Waals surface area (Å²) in [6, 6.07) is 11.9. The Hall–Kier alpha value is -2.53. The molecule has 1 heterocycles. The van der Waals surface area contributed by atoms with Crippen molar-refractivity contribution in [1.82, 2.24) is 4.90 Å². The first-order chi connectivity index (χ1) is 11.9. The molecule has 5 nitrogen and oxygen atoms in total. The fourth-order valence-electron chi connectivity index (χ4n) is 3.14. The molecule has 1 aliphatic rings. The molecule has 1 unspecified atom stereocenters. The highest BCUT2D eigenvalue weighted by Gasteiger charge is 2.38. The number of amides is 2. The van der Waals surface area contributed by atoms with Crippen molar-refractivity contribution in [2.24, 2.45) is 0 Å². The smallest absolute Gasteiger partial charge is 0.254 e. The molecule has 130 valence electrons. The predicted octanol–water partition coefficient (Wildman–Crippen LogP) is 3.11. The molecule has 0 radical (unpaired) electrons. The van der Waals surface area contributed by atoms with Gasteiger partial charge in [-0.05, 0) is 43.2 Å². The Bertz CT molecular complexity index is 837. The number of carbonyl (C=O) groups excluding carboxylic acids is 2. The minimum absolute atomic E-state index is 0.120. The number of para-hydroxylation sites is 1. The van der Waals surface area contributed by atoms with Crippen molar-refractivity contribution in [2.75, 3.05) is 24.2 Å². The molecule has 0 bridgehead atoms. The Morgan fingerprint density at radius 2 is 2.00 bits per heavy atom. The number of halogens is 1. The molecule has 2 aromatic carbocycles. The number of aryl methyl sites for hydroxylation is 1. The fraction of sp³-hybridized carbons (Fsp3) is 0.263. The number of nitrogens with zero attached hydrogens (tertiary/aromatic N) is 2. The first kappa shape index (κ1) is 17.3. The highest BCUT2D eigenvalue weighted by atomic mass is 35.5. The SMILES string of the molecule is Cc1ccc(N)cc1C(=O)N(C)C1CCN(c2ccccc2Cl)C1=O. The summed E-state index contributed by atoms with van der Waals surface area (Å²) in [6.45, 7) is 2.38. The van der Waals surface area contributed by atoms with Crippen LogP contribution >= 0.6 is 11.6 Å². The van der Waals surface area contributed by atoms with Crippen molar-refractivity contribution in [3.63, 3.8) is 0 Å². The highest BCUT2D eigenvalue weighted by molar-refractivity contribution is 6.34. The van der Waals surface area contributed by atoms with E-state index in [1.54, 1.807) is 30.1 Å². The normalized spacial score (nSPS) is 17.0. The summed E-state index contributed by atoms with van der Waals surface area (Å²) < 4.78 is 0. The molecule has 1 fully saturated rings. The van der Waals surface area contributed by atoms with Crippen LogP contribution in [0.4, 0.5) is 11.4 Å². The Balaban J connectivity index is 1.83. The first-order valence-corrected chi connectivity index (χ1v) is 8.47. The summed E-state index contributed by atoms with van der Waals surface area (Å²) in [4.78, 5) is 28.8. The second-order valence-corrected chi connectivity index (χ2v) is 6.64. The van der Waals surface area contributed by atoms with Gasteiger partial charge in [-0.3, -0.25) is 9.59 Å². The third kappa shape index (κ3) is 3.20. The van der Waals surface area contributed by atoms with Gasteiger partial charge in [0.15, 0.2) is 0 Å². The molecule has 1 saturated heterocycles. The van der Waals surface area contributed by atoms with Crippen LogP contribution in [0.3, 0.4) is 0 Å². The molecule has 0 spiro atoms. The van der Waals surface area contributed by atoms with E-state index in [4.69, 9.17) is 17.3 Å². The summed E-state index contributed by atoms with van der Waals surface area (Å²) >= 11 is 6.21. The average molecular weight is 358 g/mol. The Kier molecular flexibility index (Phi) is 4.68. The van der Waals surface area contributed by atoms with Crippen LogP contribution in [0.5, 0.6) is 0 Å². The van der Waals surface area contributed by atoms with Gasteiger partial charge >= 0.3 is 0 Å². The second-order valence-electron chi connectivity index (χ2n) is 6.24. The average Bonchev–Trinajstić information content (AvgIpc) is 2.97. The van der Waals surface area contributed by atoms with Gasteiger partial charge < -0.3 is 15.5 Å². The van der Waals surface area contributed by atoms with E-state index in [1.165, 1.54) is 4.90 Å². The highest BCUT2D eigenvalue weighted by Crippen LogP contribution is 2.30. The zero-order valence-electron chi connectivity index (χ0n) is 14.2. The van der Waals surface area contributed by atoms with Crippen molar-refractivity contribution < 1.29 is 9.59 Å². The third-order valence-electron chi connectivity index (χ3n) is 4.60. The summed E-state index contributed by atoms with van der Waals surface area (Å²) in [5.41, 5.74) is 8.36. The molecule has 2 amide bonds. The maximum absolute atomic E-state index is 12.8. The van der Waals surface area contributed by atoms with E-state index in [2.05, 4.69) is 0 Å². The van der Waals surface area contributed by atoms with Gasteiger partial charge in [0.25, 0.3) is 5.91 Å². The van der Waals surface area contributed by atoms with Crippen LogP contribution in [0.15, 0.2) is 42.5 Å². The molecule has 1 atom stereocenters. The number of carbonyl (C=O) groups is 2. The van der Waals surface area contributed by atoms with Crippen LogP contribution < -0.4 is 10.6 Å². The molecule has 0 aliphatic carbocycles. The standard InChI is InChI=1S/C19H20ClN3O2/c1-12-7-8-13(21)11-14(12)18(24)22(2)17-9-10-23(19(17)25)16-6-4-3-5-15(16)20/h3-8,11,17H,9-10,21H2,1-2H3. The topological polar surface area (TPSA) is 66.6 Å². The Morgan fingerprint density at radius 1 is 1.28 bits per heavy atom. The molecule has 0 aromatic heterocycles. The van der Waals surface area contributed by atoms with Gasteiger partial charge in [-0.1, -0.05) is 29.8 Å². The quantitative estimate of drug-likeness (QED) is 0.858. The maximum Gasteiger partial charge on any atom is 0.254 e. The lowest BCUT2D eigenvalue weighted by Gasteiger charge is -2.25. The molecule has 3 rings (SSSR count). The zero-order chi connectivity index (χ0) is 18.1. The molecule has 25 heavy (non-hydrogen) atoms. The zero-order valence-corrected chi connectivity index (χ0v) is 15.0. The molecular weight excluding hydrogens is 338 g/mol. The number of likely N-dealkylation sites (N-methyl/N-ethyl adjacent to an activating group) is 1. The van der Waals surface area contributed by atoms with Gasteiger partial charge in [-0.2, -0.15) is 0 Å². The van der Waals surface area contributed by atoms with Gasteiger partial charge in [-0.15, -0.1) is 0 Å². The minimum Gasteiger partial charge on any atom is -0.399 e. The van der Waals surface area contributed by atoms with E-state index in [9.17, 15) is 9.59 Å². The van der Waals surface area contributed by atoms with Crippen molar-refractivity contribution in [3.8, 4) is 0 Å². The molecular formula is C19H20ClN3O2. The van der Waals surface area contributed by atoms with E-state index in [0.29, 0.717) is 34.9 Å². The Morgan fingerprint density at radius 3 is 2.72 bits per heavy atom. The van der Waals surface area contributed by atoms with Crippen LogP contribution in [0.1, 0.15) is 22.3 Å². The van der Waals surface area contributed by atoms with E-state index < -0.39 is 6.04 Å². The number of benzene rings is 2. The van der Waals surface area contributed by atoms with E-state index in [0.717, 1.165) is 5.56 Å². The third-order valence-corrected chi connectivity index (χ3v) is 4.92. The van der Waals surface area contributed by atoms with Crippen molar-refractivity contribution in [1.29, 1.82) is 0 Å². The van der Waals surface area contributed by atoms with Crippen LogP contribution in [0.25, 0.3) is 0 Å². The van der Waals surface area contributed by atoms with Crippen molar-refractivity contribution >= 4 is 34.8 Å². The van der Waals surface area contributed by atoms with Crippen LogP contribution in [0, 0.1) is 6.92 Å². The number of hydrogen-bond donors (Lipinski definition) is 1. The van der Waals surface area contributed by atoms with Gasteiger partial charge in [0.05, 0.1) is 10.7 Å². The van der Waals surface area contributed by atoms with Crippen LogP contribution in [0.2, 0.25) is 5.02 Å². The molecule has 2 N–H and O–H groups in total. The van der Waals surface area contributed by atoms with Crippen molar-refractivity contribution in [3.05, 3.63) is 58.6 Å². The molecule has 1 aliphatic heterocycles. The van der Waals surface area contributed by atoms with Crippen LogP contribution in [-0.4, -0.2) is 36.3 Å². The number of rotatable bonds is 3. The van der Waals surface area contributed by atoms with E-state index in [-0.39, 0.29) is 11.8 Å². The fourth-order valence-corrected chi connectivity index (χ4v) is 3.37. The summed E-state index contributed by atoms with van der Waals surface area (Å²) in [5, 5.41) is 0.525. The lowest BCUT2D eigenvalue weighted by Crippen LogP contribution is -2.43. The lowest BCUT2D eigenvalue weighted by molar-refractivity contribution is -0.120. The number of hydrogen-bond acceptors (Lipinski definition) is 3. The van der Waals surface area contributed by atoms with Gasteiger partial charge in [0, 0.05) is 24.8 Å². The number of nitrogen functional groups attached to an aromatic ring is 1. The summed E-state index contributed by atoms with van der Waals surface area (Å²) in [6.07, 6.45) is 0.563. The molecule has 6 heteroatoms. The van der Waals surface area contributed by atoms with Gasteiger partial charge in [0.2, 0.25) is 5.91 Å². The maximum atomic E-state index is 12.8. The van der Waals surface area contributed by atoms with E-state index >= 15 is 0 Å². The summed E-state index contributed by atoms with van der Waals surface area (Å²) in [7, 11) is 1.66. The van der Waals surface area contributed by atoms with E-state index in [1.807, 2.05) is 31.2 Å². The summed E-state index contributed by atoms with van der Waals surface area (Å²) in [5.74, 6) is -0.324. The van der Waals surface area contributed by atoms with Crippen molar-refractivity contribution in [2.45, 2.75) is 19.4 Å². The first-order valence-electron chi connectivity index (χ1n) is 8.09. The Labute approximate surface area is 152 Å². The predicted molar refractivity (Wildman–Crippen MR) is 99.9 cm³/mol. The molecule has 2 aromatic rings. The largest absolute Gasteiger partial charge is 0.399 e. The van der Waals surface area contributed by atoms with Gasteiger partial charge in [-0.25, -0.2) is 0 Å². The monoisotopic (exact) mass is 357 g/mol.